The monoisotopic (exact) mass is 265 g/mol. The molecule has 0 bridgehead atoms. The van der Waals surface area contributed by atoms with E-state index in [0.29, 0.717) is 6.04 Å². The fourth-order valence-corrected chi connectivity index (χ4v) is 2.66. The summed E-state index contributed by atoms with van der Waals surface area (Å²) in [6.07, 6.45) is 6.86. The highest BCUT2D eigenvalue weighted by Gasteiger charge is 2.21. The van der Waals surface area contributed by atoms with E-state index in [1.165, 1.54) is 24.2 Å². The van der Waals surface area contributed by atoms with Gasteiger partial charge in [-0.1, -0.05) is 0 Å². The lowest BCUT2D eigenvalue weighted by Crippen LogP contribution is -2.41. The first kappa shape index (κ1) is 14.5. The molecular formula is C15H27N3O. The van der Waals surface area contributed by atoms with Gasteiger partial charge in [0.15, 0.2) is 0 Å². The van der Waals surface area contributed by atoms with E-state index in [1.54, 1.807) is 7.11 Å². The number of ether oxygens (including phenoxy) is 1. The number of nitrogens with zero attached hydrogens (tertiary/aromatic N) is 2. The highest BCUT2D eigenvalue weighted by atomic mass is 16.5. The molecule has 1 aliphatic rings. The van der Waals surface area contributed by atoms with Gasteiger partial charge in [-0.25, -0.2) is 4.98 Å². The number of rotatable bonds is 5. The molecule has 1 aromatic rings. The van der Waals surface area contributed by atoms with E-state index in [0.717, 1.165) is 26.0 Å². The molecule has 1 aliphatic carbocycles. The number of aromatic nitrogens is 2. The molecular weight excluding hydrogens is 238 g/mol. The Morgan fingerprint density at radius 2 is 2.11 bits per heavy atom. The first-order valence-corrected chi connectivity index (χ1v) is 7.30. The van der Waals surface area contributed by atoms with Gasteiger partial charge in [0.05, 0.1) is 24.7 Å². The van der Waals surface area contributed by atoms with Crippen LogP contribution in [-0.2, 0) is 17.6 Å². The molecule has 4 heteroatoms. The minimum atomic E-state index is 0.132. The van der Waals surface area contributed by atoms with Crippen LogP contribution < -0.4 is 5.32 Å². The minimum Gasteiger partial charge on any atom is -0.382 e. The lowest BCUT2D eigenvalue weighted by molar-refractivity contribution is 0.148. The van der Waals surface area contributed by atoms with Crippen LogP contribution in [0.15, 0.2) is 6.33 Å². The first-order valence-electron chi connectivity index (χ1n) is 7.30. The zero-order valence-corrected chi connectivity index (χ0v) is 12.7. The predicted molar refractivity (Wildman–Crippen MR) is 77.5 cm³/mol. The smallest absolute Gasteiger partial charge is 0.0955 e. The maximum absolute atomic E-state index is 5.40. The standard InChI is InChI=1S/C15H27N3O/c1-15(2,3)17-9-12(10-19-4)18-11-16-13-7-5-6-8-14(13)18/h11-12,17H,5-10H2,1-4H3. The van der Waals surface area contributed by atoms with Crippen molar-refractivity contribution in [2.75, 3.05) is 20.3 Å². The van der Waals surface area contributed by atoms with Crippen LogP contribution >= 0.6 is 0 Å². The lowest BCUT2D eigenvalue weighted by Gasteiger charge is -2.27. The molecule has 0 amide bonds. The van der Waals surface area contributed by atoms with E-state index in [-0.39, 0.29) is 5.54 Å². The summed E-state index contributed by atoms with van der Waals surface area (Å²) < 4.78 is 7.73. The van der Waals surface area contributed by atoms with Crippen LogP contribution in [0.1, 0.15) is 51.0 Å². The van der Waals surface area contributed by atoms with Crippen LogP contribution in [0.5, 0.6) is 0 Å². The Labute approximate surface area is 116 Å². The van der Waals surface area contributed by atoms with Crippen LogP contribution in [0, 0.1) is 0 Å². The molecule has 19 heavy (non-hydrogen) atoms. The second-order valence-electron chi connectivity index (χ2n) is 6.49. The minimum absolute atomic E-state index is 0.132. The van der Waals surface area contributed by atoms with Crippen LogP contribution in [0.25, 0.3) is 0 Å². The SMILES string of the molecule is COCC(CNC(C)(C)C)n1cnc2c1CCCC2. The molecule has 1 N–H and O–H groups in total. The maximum atomic E-state index is 5.40. The summed E-state index contributed by atoms with van der Waals surface area (Å²) in [4.78, 5) is 4.58. The van der Waals surface area contributed by atoms with Crippen LogP contribution in [-0.4, -0.2) is 35.4 Å². The lowest BCUT2D eigenvalue weighted by atomic mass is 10.0. The average Bonchev–Trinajstić information content (AvgIpc) is 2.77. The normalized spacial score (nSPS) is 17.3. The maximum Gasteiger partial charge on any atom is 0.0955 e. The Balaban J connectivity index is 2.12. The van der Waals surface area contributed by atoms with E-state index in [9.17, 15) is 0 Å². The molecule has 0 radical (unpaired) electrons. The third-order valence-electron chi connectivity index (χ3n) is 3.68. The molecule has 0 spiro atoms. The Bertz CT molecular complexity index is 406. The molecule has 0 saturated carbocycles. The van der Waals surface area contributed by atoms with E-state index in [1.807, 2.05) is 6.33 Å². The van der Waals surface area contributed by atoms with Gasteiger partial charge < -0.3 is 14.6 Å². The van der Waals surface area contributed by atoms with Crippen molar-refractivity contribution in [1.29, 1.82) is 0 Å². The summed E-state index contributed by atoms with van der Waals surface area (Å²) in [5.74, 6) is 0. The molecule has 108 valence electrons. The van der Waals surface area contributed by atoms with Gasteiger partial charge in [0.25, 0.3) is 0 Å². The Kier molecular flexibility index (Phi) is 4.63. The molecule has 4 nitrogen and oxygen atoms in total. The van der Waals surface area contributed by atoms with E-state index < -0.39 is 0 Å². The van der Waals surface area contributed by atoms with E-state index in [4.69, 9.17) is 4.74 Å². The van der Waals surface area contributed by atoms with Crippen LogP contribution in [0.4, 0.5) is 0 Å². The van der Waals surface area contributed by atoms with Gasteiger partial charge in [-0.05, 0) is 46.5 Å². The highest BCUT2D eigenvalue weighted by molar-refractivity contribution is 5.17. The van der Waals surface area contributed by atoms with Gasteiger partial charge in [0, 0.05) is 24.9 Å². The highest BCUT2D eigenvalue weighted by Crippen LogP contribution is 2.23. The number of hydrogen-bond donors (Lipinski definition) is 1. The molecule has 0 fully saturated rings. The third kappa shape index (κ3) is 3.80. The number of imidazole rings is 1. The summed E-state index contributed by atoms with van der Waals surface area (Å²) in [5.41, 5.74) is 2.85. The van der Waals surface area contributed by atoms with Gasteiger partial charge in [-0.3, -0.25) is 0 Å². The van der Waals surface area contributed by atoms with E-state index >= 15 is 0 Å². The predicted octanol–water partition coefficient (Wildman–Crippen LogP) is 2.34. The van der Waals surface area contributed by atoms with Crippen molar-refractivity contribution in [3.05, 3.63) is 17.7 Å². The average molecular weight is 265 g/mol. The Morgan fingerprint density at radius 3 is 2.79 bits per heavy atom. The summed E-state index contributed by atoms with van der Waals surface area (Å²) in [6.45, 7) is 8.23. The first-order chi connectivity index (χ1) is 9.01. The molecule has 2 rings (SSSR count). The van der Waals surface area contributed by atoms with Crippen molar-refractivity contribution >= 4 is 0 Å². The summed E-state index contributed by atoms with van der Waals surface area (Å²) >= 11 is 0. The van der Waals surface area contributed by atoms with Gasteiger partial charge >= 0.3 is 0 Å². The van der Waals surface area contributed by atoms with Crippen LogP contribution in [0.3, 0.4) is 0 Å². The Morgan fingerprint density at radius 1 is 1.37 bits per heavy atom. The second kappa shape index (κ2) is 6.06. The number of hydrogen-bond acceptors (Lipinski definition) is 3. The molecule has 1 unspecified atom stereocenters. The zero-order valence-electron chi connectivity index (χ0n) is 12.7. The molecule has 1 aromatic heterocycles. The van der Waals surface area contributed by atoms with Gasteiger partial charge in [0.1, 0.15) is 0 Å². The number of aryl methyl sites for hydroxylation is 1. The third-order valence-corrected chi connectivity index (χ3v) is 3.68. The molecule has 0 aromatic carbocycles. The van der Waals surface area contributed by atoms with Crippen LogP contribution in [0.2, 0.25) is 0 Å². The Hall–Kier alpha value is -0.870. The second-order valence-corrected chi connectivity index (χ2v) is 6.49. The molecule has 0 saturated heterocycles. The van der Waals surface area contributed by atoms with Crippen molar-refractivity contribution in [2.24, 2.45) is 0 Å². The van der Waals surface area contributed by atoms with Crippen molar-refractivity contribution in [3.8, 4) is 0 Å². The van der Waals surface area contributed by atoms with Gasteiger partial charge in [-0.2, -0.15) is 0 Å². The topological polar surface area (TPSA) is 39.1 Å². The fourth-order valence-electron chi connectivity index (χ4n) is 2.66. The number of methoxy groups -OCH3 is 1. The summed E-state index contributed by atoms with van der Waals surface area (Å²) in [6, 6.07) is 0.332. The van der Waals surface area contributed by atoms with Gasteiger partial charge in [-0.15, -0.1) is 0 Å². The molecule has 1 atom stereocenters. The number of nitrogens with one attached hydrogen (secondary N) is 1. The van der Waals surface area contributed by atoms with E-state index in [2.05, 4.69) is 35.6 Å². The van der Waals surface area contributed by atoms with Gasteiger partial charge in [0.2, 0.25) is 0 Å². The number of fused-ring (bicyclic) bond motifs is 1. The fraction of sp³-hybridized carbons (Fsp3) is 0.800. The largest absolute Gasteiger partial charge is 0.382 e. The van der Waals surface area contributed by atoms with Crippen molar-refractivity contribution in [2.45, 2.75) is 58.0 Å². The quantitative estimate of drug-likeness (QED) is 0.888. The zero-order chi connectivity index (χ0) is 13.9. The molecule has 0 aliphatic heterocycles. The van der Waals surface area contributed by atoms with Crippen molar-refractivity contribution in [1.82, 2.24) is 14.9 Å². The van der Waals surface area contributed by atoms with Crippen molar-refractivity contribution in [3.63, 3.8) is 0 Å². The summed E-state index contributed by atoms with van der Waals surface area (Å²) in [5, 5.41) is 3.57. The van der Waals surface area contributed by atoms with Crippen molar-refractivity contribution < 1.29 is 4.74 Å². The summed E-state index contributed by atoms with van der Waals surface area (Å²) in [7, 11) is 1.77. The molecule has 1 heterocycles.